The molecular weight excluding hydrogens is 578 g/mol. The molecule has 3 N–H and O–H groups in total. The number of hydrogen-bond donors (Lipinski definition) is 3. The first-order valence-electron chi connectivity index (χ1n) is 13.6. The normalized spacial score (nSPS) is 17.1. The number of carbonyl (C=O) groups is 2. The van der Waals surface area contributed by atoms with E-state index in [0.29, 0.717) is 24.1 Å². The van der Waals surface area contributed by atoms with Gasteiger partial charge in [0.1, 0.15) is 23.9 Å². The van der Waals surface area contributed by atoms with Crippen LogP contribution in [0.25, 0.3) is 0 Å². The topological polar surface area (TPSA) is 92.3 Å². The number of aromatic nitrogens is 1. The predicted molar refractivity (Wildman–Crippen MR) is 146 cm³/mol. The Bertz CT molecular complexity index is 1330. The molecule has 4 rings (SSSR count). The summed E-state index contributed by atoms with van der Waals surface area (Å²) in [5.74, 6) is -3.62. The minimum absolute atomic E-state index is 0.0341. The Hall–Kier alpha value is -3.97. The van der Waals surface area contributed by atoms with Crippen LogP contribution in [0, 0.1) is 17.5 Å². The van der Waals surface area contributed by atoms with E-state index in [-0.39, 0.29) is 49.4 Å². The van der Waals surface area contributed by atoms with Crippen LogP contribution in [0.15, 0.2) is 60.9 Å². The number of carbonyl (C=O) groups excluding carboxylic acids is 2. The quantitative estimate of drug-likeness (QED) is 0.266. The molecule has 1 aliphatic rings. The van der Waals surface area contributed by atoms with E-state index in [4.69, 9.17) is 4.74 Å². The highest BCUT2D eigenvalue weighted by molar-refractivity contribution is 5.92. The fourth-order valence-corrected chi connectivity index (χ4v) is 4.80. The van der Waals surface area contributed by atoms with E-state index in [1.54, 1.807) is 24.3 Å². The van der Waals surface area contributed by atoms with E-state index in [1.807, 2.05) is 0 Å². The van der Waals surface area contributed by atoms with Crippen LogP contribution in [-0.2, 0) is 20.7 Å². The molecule has 1 aromatic heterocycles. The first kappa shape index (κ1) is 32.0. The van der Waals surface area contributed by atoms with Gasteiger partial charge in [0.25, 0.3) is 0 Å². The van der Waals surface area contributed by atoms with Gasteiger partial charge in [0.15, 0.2) is 0 Å². The van der Waals surface area contributed by atoms with E-state index in [2.05, 4.69) is 20.9 Å². The van der Waals surface area contributed by atoms with Crippen molar-refractivity contribution < 1.29 is 40.7 Å². The van der Waals surface area contributed by atoms with E-state index in [1.165, 1.54) is 30.5 Å². The molecule has 13 heteroatoms. The molecule has 0 saturated carbocycles. The summed E-state index contributed by atoms with van der Waals surface area (Å²) in [6, 6.07) is 10.9. The van der Waals surface area contributed by atoms with Crippen LogP contribution in [-0.4, -0.2) is 54.8 Å². The zero-order valence-electron chi connectivity index (χ0n) is 22.9. The molecule has 3 aromatic rings. The third-order valence-corrected chi connectivity index (χ3v) is 7.00. The van der Waals surface area contributed by atoms with Gasteiger partial charge in [0.2, 0.25) is 11.8 Å². The molecule has 7 nitrogen and oxygen atoms in total. The van der Waals surface area contributed by atoms with Crippen molar-refractivity contribution in [2.45, 2.75) is 49.9 Å². The number of morpholine rings is 1. The van der Waals surface area contributed by atoms with E-state index < -0.39 is 47.8 Å². The summed E-state index contributed by atoms with van der Waals surface area (Å²) in [4.78, 5) is 28.4. The maximum absolute atomic E-state index is 14.8. The Morgan fingerprint density at radius 2 is 1.58 bits per heavy atom. The van der Waals surface area contributed by atoms with Crippen molar-refractivity contribution in [3.8, 4) is 0 Å². The first-order valence-corrected chi connectivity index (χ1v) is 13.6. The third-order valence-electron chi connectivity index (χ3n) is 7.00. The predicted octanol–water partition coefficient (Wildman–Crippen LogP) is 5.02. The lowest BCUT2D eigenvalue weighted by atomic mass is 9.88. The minimum atomic E-state index is -4.58. The van der Waals surface area contributed by atoms with Crippen LogP contribution in [0.2, 0.25) is 0 Å². The summed E-state index contributed by atoms with van der Waals surface area (Å²) >= 11 is 0. The Morgan fingerprint density at radius 3 is 2.14 bits per heavy atom. The molecule has 0 aliphatic carbocycles. The molecule has 2 atom stereocenters. The third kappa shape index (κ3) is 9.79. The van der Waals surface area contributed by atoms with E-state index in [9.17, 15) is 35.9 Å². The Labute approximate surface area is 244 Å². The van der Waals surface area contributed by atoms with Crippen LogP contribution >= 0.6 is 0 Å². The van der Waals surface area contributed by atoms with Crippen LogP contribution in [0.4, 0.5) is 32.0 Å². The zero-order valence-corrected chi connectivity index (χ0v) is 22.9. The SMILES string of the molecule is O=C(CC(F)(F)F)NC[C@@H]1CO[C@H](CCc2c(F)cncc2NC(=O)CC(c2ccc(F)cc2)c2ccc(F)cc2)CN1. The number of halogens is 6. The van der Waals surface area contributed by atoms with Gasteiger partial charge in [-0.25, -0.2) is 13.2 Å². The van der Waals surface area contributed by atoms with E-state index >= 15 is 0 Å². The number of ether oxygens (including phenoxy) is 1. The summed E-state index contributed by atoms with van der Waals surface area (Å²) < 4.78 is 84.6. The lowest BCUT2D eigenvalue weighted by Crippen LogP contribution is -2.51. The van der Waals surface area contributed by atoms with Crippen LogP contribution < -0.4 is 16.0 Å². The largest absolute Gasteiger partial charge is 0.397 e. The number of benzene rings is 2. The highest BCUT2D eigenvalue weighted by Gasteiger charge is 2.31. The van der Waals surface area contributed by atoms with E-state index in [0.717, 1.165) is 6.20 Å². The number of nitrogens with zero attached hydrogens (tertiary/aromatic N) is 1. The van der Waals surface area contributed by atoms with Crippen molar-refractivity contribution in [3.05, 3.63) is 95.1 Å². The second-order valence-electron chi connectivity index (χ2n) is 10.3. The van der Waals surface area contributed by atoms with Gasteiger partial charge in [-0.3, -0.25) is 14.6 Å². The summed E-state index contributed by atoms with van der Waals surface area (Å²) in [7, 11) is 0. The monoisotopic (exact) mass is 608 g/mol. The lowest BCUT2D eigenvalue weighted by Gasteiger charge is -2.30. The summed E-state index contributed by atoms with van der Waals surface area (Å²) in [5.41, 5.74) is 1.67. The summed E-state index contributed by atoms with van der Waals surface area (Å²) in [6.45, 7) is 0.423. The fourth-order valence-electron chi connectivity index (χ4n) is 4.80. The molecule has 2 heterocycles. The van der Waals surface area contributed by atoms with Gasteiger partial charge in [-0.1, -0.05) is 24.3 Å². The maximum Gasteiger partial charge on any atom is 0.397 e. The molecule has 1 saturated heterocycles. The van der Waals surface area contributed by atoms with Gasteiger partial charge in [0, 0.05) is 37.0 Å². The molecule has 2 aromatic carbocycles. The van der Waals surface area contributed by atoms with Crippen molar-refractivity contribution in [1.82, 2.24) is 15.6 Å². The highest BCUT2D eigenvalue weighted by Crippen LogP contribution is 2.30. The number of hydrogen-bond acceptors (Lipinski definition) is 5. The van der Waals surface area contributed by atoms with Crippen molar-refractivity contribution in [2.24, 2.45) is 0 Å². The van der Waals surface area contributed by atoms with Crippen LogP contribution in [0.5, 0.6) is 0 Å². The molecule has 1 fully saturated rings. The second-order valence-corrected chi connectivity index (χ2v) is 10.3. The molecular formula is C30H30F6N4O3. The summed E-state index contributed by atoms with van der Waals surface area (Å²) in [5, 5.41) is 8.04. The number of nitrogens with one attached hydrogen (secondary N) is 3. The number of anilines is 1. The van der Waals surface area contributed by atoms with Crippen molar-refractivity contribution in [3.63, 3.8) is 0 Å². The molecule has 0 spiro atoms. The average Bonchev–Trinajstić information content (AvgIpc) is 2.95. The van der Waals surface area contributed by atoms with Crippen molar-refractivity contribution >= 4 is 17.5 Å². The van der Waals surface area contributed by atoms with Gasteiger partial charge in [-0.05, 0) is 48.2 Å². The van der Waals surface area contributed by atoms with Gasteiger partial charge in [-0.15, -0.1) is 0 Å². The zero-order chi connectivity index (χ0) is 31.0. The fraction of sp³-hybridized carbons (Fsp3) is 0.367. The maximum atomic E-state index is 14.8. The van der Waals surface area contributed by atoms with Crippen LogP contribution in [0.1, 0.15) is 41.9 Å². The Balaban J connectivity index is 1.34. The smallest absolute Gasteiger partial charge is 0.375 e. The average molecular weight is 609 g/mol. The highest BCUT2D eigenvalue weighted by atomic mass is 19.4. The number of rotatable bonds is 11. The molecule has 0 unspecified atom stereocenters. The standard InChI is InChI=1S/C30H30F6N4O3/c31-20-5-1-18(2-6-20)25(19-3-7-21(32)8-4-19)11-28(41)40-27-16-37-15-26(33)24(27)10-9-23-14-38-22(17-43-23)13-39-29(42)12-30(34,35)36/h1-8,15-16,22-23,25,38H,9-14,17H2,(H,39,42)(H,40,41)/t22-,23-/m1/s1. The van der Waals surface area contributed by atoms with Gasteiger partial charge >= 0.3 is 6.18 Å². The molecule has 1 aliphatic heterocycles. The van der Waals surface area contributed by atoms with Crippen molar-refractivity contribution in [2.75, 3.05) is 25.0 Å². The summed E-state index contributed by atoms with van der Waals surface area (Å²) in [6.07, 6.45) is -3.67. The molecule has 230 valence electrons. The van der Waals surface area contributed by atoms with Crippen LogP contribution in [0.3, 0.4) is 0 Å². The van der Waals surface area contributed by atoms with Gasteiger partial charge in [-0.2, -0.15) is 13.2 Å². The molecule has 2 amide bonds. The van der Waals surface area contributed by atoms with Crippen molar-refractivity contribution in [1.29, 1.82) is 0 Å². The van der Waals surface area contributed by atoms with Gasteiger partial charge < -0.3 is 20.7 Å². The number of amides is 2. The minimum Gasteiger partial charge on any atom is -0.375 e. The molecule has 0 bridgehead atoms. The molecule has 0 radical (unpaired) electrons. The Morgan fingerprint density at radius 1 is 0.953 bits per heavy atom. The molecule has 43 heavy (non-hydrogen) atoms. The second kappa shape index (κ2) is 14.5. The lowest BCUT2D eigenvalue weighted by molar-refractivity contribution is -0.153. The number of pyridine rings is 1. The number of alkyl halides is 3. The first-order chi connectivity index (χ1) is 20.5. The Kier molecular flexibility index (Phi) is 10.8. The van der Waals surface area contributed by atoms with Gasteiger partial charge in [0.05, 0.1) is 30.8 Å².